The quantitative estimate of drug-likeness (QED) is 0.817. The molecule has 0 unspecified atom stereocenters. The van der Waals surface area contributed by atoms with Gasteiger partial charge in [0.15, 0.2) is 0 Å². The van der Waals surface area contributed by atoms with Crippen LogP contribution in [0.5, 0.6) is 0 Å². The monoisotopic (exact) mass is 404 g/mol. The molecule has 7 heteroatoms. The number of nitrogens with two attached hydrogens (primary N) is 1. The number of carbonyl (C=O) groups is 3. The molecule has 30 heavy (non-hydrogen) atoms. The van der Waals surface area contributed by atoms with Gasteiger partial charge in [0, 0.05) is 17.0 Å². The van der Waals surface area contributed by atoms with Crippen LogP contribution < -0.4 is 16.0 Å². The summed E-state index contributed by atoms with van der Waals surface area (Å²) >= 11 is 0. The van der Waals surface area contributed by atoms with Crippen molar-refractivity contribution in [3.63, 3.8) is 0 Å². The SMILES string of the molecule is Cc1cc2c(cc1C)N(CC(=O)Nc1ccc(C(N)=O)cc1)C(=O)[C@@H]1CCCC1=N2. The summed E-state index contributed by atoms with van der Waals surface area (Å²) in [5.74, 6) is -1.19. The average Bonchev–Trinajstić information content (AvgIpc) is 3.13. The van der Waals surface area contributed by atoms with Crippen molar-refractivity contribution < 1.29 is 14.4 Å². The first-order valence-electron chi connectivity index (χ1n) is 10.0. The zero-order valence-electron chi connectivity index (χ0n) is 17.1. The zero-order chi connectivity index (χ0) is 21.4. The molecule has 2 aromatic carbocycles. The first kappa shape index (κ1) is 19.8. The van der Waals surface area contributed by atoms with Crippen LogP contribution in [0.15, 0.2) is 41.4 Å². The van der Waals surface area contributed by atoms with Crippen LogP contribution in [0.25, 0.3) is 0 Å². The highest BCUT2D eigenvalue weighted by molar-refractivity contribution is 6.17. The van der Waals surface area contributed by atoms with E-state index < -0.39 is 5.91 Å². The largest absolute Gasteiger partial charge is 0.366 e. The molecule has 2 aliphatic rings. The molecule has 7 nitrogen and oxygen atoms in total. The number of fused-ring (bicyclic) bond motifs is 2. The standard InChI is InChI=1S/C23H24N4O3/c1-13-10-19-20(11-14(13)2)27(23(30)17-4-3-5-18(17)26-19)12-21(28)25-16-8-6-15(7-9-16)22(24)29/h6-11,17H,3-5,12H2,1-2H3,(H2,24,29)(H,25,28)/t17-/m1/s1. The molecule has 154 valence electrons. The second-order valence-electron chi connectivity index (χ2n) is 7.89. The van der Waals surface area contributed by atoms with E-state index in [0.29, 0.717) is 16.9 Å². The molecule has 1 aliphatic heterocycles. The minimum absolute atomic E-state index is 0.0764. The van der Waals surface area contributed by atoms with Gasteiger partial charge in [0.2, 0.25) is 17.7 Å². The molecule has 1 aliphatic carbocycles. The zero-order valence-corrected chi connectivity index (χ0v) is 17.1. The molecule has 0 aromatic heterocycles. The number of aliphatic imine (C=N–C) groups is 1. The molecule has 1 atom stereocenters. The number of amides is 3. The number of primary amides is 1. The summed E-state index contributed by atoms with van der Waals surface area (Å²) < 4.78 is 0. The van der Waals surface area contributed by atoms with Crippen molar-refractivity contribution in [2.24, 2.45) is 16.6 Å². The number of carbonyl (C=O) groups excluding carboxylic acids is 3. The molecule has 0 saturated heterocycles. The Kier molecular flexibility index (Phi) is 5.11. The van der Waals surface area contributed by atoms with Crippen LogP contribution in [0, 0.1) is 19.8 Å². The minimum atomic E-state index is -0.530. The lowest BCUT2D eigenvalue weighted by Crippen LogP contribution is -2.42. The Morgan fingerprint density at radius 2 is 1.87 bits per heavy atom. The molecular formula is C23H24N4O3. The number of nitrogens with zero attached hydrogens (tertiary/aromatic N) is 2. The molecule has 2 aromatic rings. The average molecular weight is 404 g/mol. The van der Waals surface area contributed by atoms with Gasteiger partial charge in [0.1, 0.15) is 6.54 Å². The Labute approximate surface area is 175 Å². The molecule has 0 spiro atoms. The van der Waals surface area contributed by atoms with Crippen molar-refractivity contribution >= 4 is 40.5 Å². The summed E-state index contributed by atoms with van der Waals surface area (Å²) in [6, 6.07) is 10.2. The van der Waals surface area contributed by atoms with Crippen molar-refractivity contribution in [3.05, 3.63) is 53.1 Å². The van der Waals surface area contributed by atoms with E-state index in [1.54, 1.807) is 29.2 Å². The van der Waals surface area contributed by atoms with E-state index in [4.69, 9.17) is 10.7 Å². The number of nitrogens with one attached hydrogen (secondary N) is 1. The molecule has 1 heterocycles. The van der Waals surface area contributed by atoms with Gasteiger partial charge in [-0.25, -0.2) is 0 Å². The second kappa shape index (κ2) is 7.74. The maximum Gasteiger partial charge on any atom is 0.248 e. The molecule has 1 fully saturated rings. The predicted octanol–water partition coefficient (Wildman–Crippen LogP) is 3.26. The van der Waals surface area contributed by atoms with Gasteiger partial charge >= 0.3 is 0 Å². The Morgan fingerprint density at radius 3 is 2.57 bits per heavy atom. The first-order chi connectivity index (χ1) is 14.3. The van der Waals surface area contributed by atoms with E-state index in [-0.39, 0.29) is 24.3 Å². The highest BCUT2D eigenvalue weighted by Crippen LogP contribution is 2.39. The van der Waals surface area contributed by atoms with Gasteiger partial charge in [-0.15, -0.1) is 0 Å². The topological polar surface area (TPSA) is 105 Å². The summed E-state index contributed by atoms with van der Waals surface area (Å²) in [6.45, 7) is 3.89. The fourth-order valence-corrected chi connectivity index (χ4v) is 4.01. The third kappa shape index (κ3) is 3.70. The second-order valence-corrected chi connectivity index (χ2v) is 7.89. The van der Waals surface area contributed by atoms with Crippen molar-refractivity contribution in [2.45, 2.75) is 33.1 Å². The number of rotatable bonds is 4. The van der Waals surface area contributed by atoms with Gasteiger partial charge in [-0.3, -0.25) is 19.4 Å². The van der Waals surface area contributed by atoms with Gasteiger partial charge in [0.05, 0.1) is 17.3 Å². The maximum atomic E-state index is 13.3. The third-order valence-electron chi connectivity index (χ3n) is 5.79. The van der Waals surface area contributed by atoms with Gasteiger partial charge in [-0.05, 0) is 80.6 Å². The van der Waals surface area contributed by atoms with Crippen molar-refractivity contribution in [2.75, 3.05) is 16.8 Å². The number of benzene rings is 2. The van der Waals surface area contributed by atoms with E-state index in [0.717, 1.165) is 41.8 Å². The smallest absolute Gasteiger partial charge is 0.248 e. The van der Waals surface area contributed by atoms with Crippen LogP contribution >= 0.6 is 0 Å². The van der Waals surface area contributed by atoms with Crippen LogP contribution in [0.4, 0.5) is 17.1 Å². The van der Waals surface area contributed by atoms with Gasteiger partial charge in [-0.1, -0.05) is 0 Å². The van der Waals surface area contributed by atoms with Crippen LogP contribution in [-0.4, -0.2) is 30.0 Å². The molecule has 3 amide bonds. The Balaban J connectivity index is 1.61. The lowest BCUT2D eigenvalue weighted by molar-refractivity contribution is -0.122. The summed E-state index contributed by atoms with van der Waals surface area (Å²) in [4.78, 5) is 43.6. The third-order valence-corrected chi connectivity index (χ3v) is 5.79. The Morgan fingerprint density at radius 1 is 1.17 bits per heavy atom. The highest BCUT2D eigenvalue weighted by atomic mass is 16.2. The summed E-state index contributed by atoms with van der Waals surface area (Å²) in [7, 11) is 0. The summed E-state index contributed by atoms with van der Waals surface area (Å²) in [5.41, 5.74) is 10.6. The molecule has 1 saturated carbocycles. The van der Waals surface area contributed by atoms with Crippen LogP contribution in [0.1, 0.15) is 40.7 Å². The lowest BCUT2D eigenvalue weighted by atomic mass is 10.0. The number of hydrogen-bond acceptors (Lipinski definition) is 4. The number of anilines is 2. The fourth-order valence-electron chi connectivity index (χ4n) is 4.01. The Hall–Kier alpha value is -3.48. The van der Waals surface area contributed by atoms with Crippen molar-refractivity contribution in [3.8, 4) is 0 Å². The molecule has 0 radical (unpaired) electrons. The molecule has 4 rings (SSSR count). The van der Waals surface area contributed by atoms with E-state index >= 15 is 0 Å². The van der Waals surface area contributed by atoms with Crippen LogP contribution in [0.3, 0.4) is 0 Å². The normalized spacial score (nSPS) is 17.7. The molecule has 0 bridgehead atoms. The van der Waals surface area contributed by atoms with Gasteiger partial charge in [0.25, 0.3) is 0 Å². The van der Waals surface area contributed by atoms with Gasteiger partial charge < -0.3 is 16.0 Å². The number of hydrogen-bond donors (Lipinski definition) is 2. The van der Waals surface area contributed by atoms with E-state index in [1.807, 2.05) is 26.0 Å². The molecule has 3 N–H and O–H groups in total. The predicted molar refractivity (Wildman–Crippen MR) is 116 cm³/mol. The van der Waals surface area contributed by atoms with Crippen molar-refractivity contribution in [1.29, 1.82) is 0 Å². The van der Waals surface area contributed by atoms with E-state index in [9.17, 15) is 14.4 Å². The minimum Gasteiger partial charge on any atom is -0.366 e. The van der Waals surface area contributed by atoms with Crippen molar-refractivity contribution in [1.82, 2.24) is 0 Å². The first-order valence-corrected chi connectivity index (χ1v) is 10.0. The van der Waals surface area contributed by atoms with E-state index in [1.165, 1.54) is 0 Å². The lowest BCUT2D eigenvalue weighted by Gasteiger charge is -2.25. The Bertz CT molecular complexity index is 1070. The van der Waals surface area contributed by atoms with E-state index in [2.05, 4.69) is 5.32 Å². The number of aryl methyl sites for hydroxylation is 2. The summed E-state index contributed by atoms with van der Waals surface area (Å²) in [6.07, 6.45) is 2.51. The van der Waals surface area contributed by atoms with Crippen LogP contribution in [-0.2, 0) is 9.59 Å². The fraction of sp³-hybridized carbons (Fsp3) is 0.304. The van der Waals surface area contributed by atoms with Crippen LogP contribution in [0.2, 0.25) is 0 Å². The highest BCUT2D eigenvalue weighted by Gasteiger charge is 2.37. The molecular weight excluding hydrogens is 380 g/mol. The summed E-state index contributed by atoms with van der Waals surface area (Å²) in [5, 5.41) is 2.79. The maximum absolute atomic E-state index is 13.3. The van der Waals surface area contributed by atoms with Gasteiger partial charge in [-0.2, -0.15) is 0 Å².